The molecule has 0 bridgehead atoms. The van der Waals surface area contributed by atoms with Crippen molar-refractivity contribution in [3.63, 3.8) is 0 Å². The van der Waals surface area contributed by atoms with Gasteiger partial charge in [0.25, 0.3) is 0 Å². The molecule has 0 amide bonds. The number of hydrogen-bond acceptors (Lipinski definition) is 8. The van der Waals surface area contributed by atoms with Gasteiger partial charge < -0.3 is 15.0 Å². The fraction of sp³-hybridized carbons (Fsp3) is 0.545. The quantitative estimate of drug-likeness (QED) is 0.326. The van der Waals surface area contributed by atoms with Crippen LogP contribution in [0.1, 0.15) is 12.2 Å². The Balaban J connectivity index is 2.00. The second-order valence-electron chi connectivity index (χ2n) is 4.87. The lowest BCUT2D eigenvalue weighted by Crippen LogP contribution is -2.42. The summed E-state index contributed by atoms with van der Waals surface area (Å²) in [4.78, 5) is 19.8. The van der Waals surface area contributed by atoms with Crippen LogP contribution >= 0.6 is 11.9 Å². The highest BCUT2D eigenvalue weighted by Crippen LogP contribution is 2.26. The molecule has 2 rings (SSSR count). The predicted molar refractivity (Wildman–Crippen MR) is 81.6 cm³/mol. The van der Waals surface area contributed by atoms with Crippen molar-refractivity contribution in [3.05, 3.63) is 27.5 Å². The van der Waals surface area contributed by atoms with E-state index < -0.39 is 4.92 Å². The van der Waals surface area contributed by atoms with Crippen LogP contribution in [-0.2, 0) is 7.05 Å². The van der Waals surface area contributed by atoms with Gasteiger partial charge in [-0.2, -0.15) is 4.83 Å². The van der Waals surface area contributed by atoms with Crippen LogP contribution in [0.2, 0.25) is 0 Å². The van der Waals surface area contributed by atoms with Crippen molar-refractivity contribution < 1.29 is 4.92 Å². The molecule has 0 aromatic carbocycles. The maximum Gasteiger partial charge on any atom is 0.342 e. The summed E-state index contributed by atoms with van der Waals surface area (Å²) in [6.07, 6.45) is 2.26. The summed E-state index contributed by atoms with van der Waals surface area (Å²) in [5.74, 6) is 0.509. The molecule has 9 nitrogen and oxygen atoms in total. The Morgan fingerprint density at radius 1 is 1.57 bits per heavy atom. The normalized spacial score (nSPS) is 14.9. The Morgan fingerprint density at radius 3 is 2.95 bits per heavy atom. The fourth-order valence-electron chi connectivity index (χ4n) is 1.90. The highest BCUT2D eigenvalue weighted by Gasteiger charge is 2.26. The lowest BCUT2D eigenvalue weighted by atomic mass is 10.4. The SMILES string of the molecule is CN(C)CCCNN1NSC=C1c1ncc([N+](=O)[O-])n1C. The molecular weight excluding hydrogens is 294 g/mol. The molecule has 21 heavy (non-hydrogen) atoms. The van der Waals surface area contributed by atoms with Gasteiger partial charge >= 0.3 is 5.82 Å². The Bertz CT molecular complexity index is 543. The lowest BCUT2D eigenvalue weighted by Gasteiger charge is -2.21. The molecule has 0 atom stereocenters. The first-order valence-electron chi connectivity index (χ1n) is 6.47. The molecule has 10 heteroatoms. The summed E-state index contributed by atoms with van der Waals surface area (Å²) >= 11 is 1.39. The highest BCUT2D eigenvalue weighted by molar-refractivity contribution is 8.00. The largest absolute Gasteiger partial charge is 0.358 e. The van der Waals surface area contributed by atoms with Crippen molar-refractivity contribution in [1.29, 1.82) is 0 Å². The maximum absolute atomic E-state index is 10.9. The molecule has 2 N–H and O–H groups in total. The first-order valence-corrected chi connectivity index (χ1v) is 7.35. The summed E-state index contributed by atoms with van der Waals surface area (Å²) in [5.41, 5.74) is 4.00. The molecule has 0 fully saturated rings. The predicted octanol–water partition coefficient (Wildman–Crippen LogP) is 0.551. The van der Waals surface area contributed by atoms with E-state index >= 15 is 0 Å². The minimum Gasteiger partial charge on any atom is -0.358 e. The van der Waals surface area contributed by atoms with E-state index in [0.717, 1.165) is 25.2 Å². The van der Waals surface area contributed by atoms with Crippen molar-refractivity contribution in [1.82, 2.24) is 29.8 Å². The molecule has 0 radical (unpaired) electrons. The van der Waals surface area contributed by atoms with E-state index in [2.05, 4.69) is 20.1 Å². The van der Waals surface area contributed by atoms with Gasteiger partial charge in [-0.15, -0.1) is 0 Å². The minimum absolute atomic E-state index is 0.0321. The molecule has 1 aliphatic heterocycles. The zero-order valence-electron chi connectivity index (χ0n) is 12.2. The number of nitrogens with zero attached hydrogens (tertiary/aromatic N) is 5. The van der Waals surface area contributed by atoms with Gasteiger partial charge in [0, 0.05) is 12.0 Å². The molecular formula is C11H19N7O2S. The second kappa shape index (κ2) is 6.89. The van der Waals surface area contributed by atoms with E-state index in [1.165, 1.54) is 22.7 Å². The number of nitrogens with one attached hydrogen (secondary N) is 2. The molecule has 0 saturated carbocycles. The van der Waals surface area contributed by atoms with Crippen LogP contribution in [0.5, 0.6) is 0 Å². The third-order valence-corrected chi connectivity index (χ3v) is 3.62. The zero-order valence-corrected chi connectivity index (χ0v) is 13.1. The summed E-state index contributed by atoms with van der Waals surface area (Å²) in [7, 11) is 5.69. The summed E-state index contributed by atoms with van der Waals surface area (Å²) in [5, 5.41) is 14.5. The van der Waals surface area contributed by atoms with Crippen LogP contribution in [0, 0.1) is 10.1 Å². The van der Waals surface area contributed by atoms with Gasteiger partial charge in [0.2, 0.25) is 5.82 Å². The molecule has 1 aromatic heterocycles. The van der Waals surface area contributed by atoms with Gasteiger partial charge in [-0.25, -0.2) is 20.1 Å². The van der Waals surface area contributed by atoms with Crippen molar-refractivity contribution in [2.75, 3.05) is 27.2 Å². The van der Waals surface area contributed by atoms with E-state index in [4.69, 9.17) is 0 Å². The van der Waals surface area contributed by atoms with Gasteiger partial charge in [-0.05, 0) is 43.9 Å². The monoisotopic (exact) mass is 313 g/mol. The number of hydrogen-bond donors (Lipinski definition) is 2. The van der Waals surface area contributed by atoms with Crippen molar-refractivity contribution >= 4 is 23.5 Å². The van der Waals surface area contributed by atoms with Gasteiger partial charge in [-0.1, -0.05) is 0 Å². The van der Waals surface area contributed by atoms with Gasteiger partial charge in [0.05, 0.1) is 7.05 Å². The summed E-state index contributed by atoms with van der Waals surface area (Å²) < 4.78 is 1.47. The number of rotatable bonds is 7. The first kappa shape index (κ1) is 15.8. The van der Waals surface area contributed by atoms with Crippen LogP contribution in [0.3, 0.4) is 0 Å². The number of imidazole rings is 1. The van der Waals surface area contributed by atoms with Crippen LogP contribution in [0.25, 0.3) is 5.70 Å². The molecule has 1 aliphatic rings. The third-order valence-electron chi connectivity index (χ3n) is 2.99. The van der Waals surface area contributed by atoms with Crippen LogP contribution in [-0.4, -0.2) is 51.7 Å². The molecule has 2 heterocycles. The lowest BCUT2D eigenvalue weighted by molar-refractivity contribution is -0.391. The average molecular weight is 313 g/mol. The Hall–Kier alpha value is -1.62. The standard InChI is InChI=1S/C11H19N7O2S/c1-15(2)6-4-5-13-17-9(8-21-14-17)11-12-7-10(16(11)3)18(19)20/h7-8,13-14H,4-6H2,1-3H3. The number of hydrazine groups is 2. The number of aromatic nitrogens is 2. The summed E-state index contributed by atoms with van der Waals surface area (Å²) in [6, 6.07) is 0. The molecule has 0 spiro atoms. The van der Waals surface area contributed by atoms with Gasteiger partial charge in [0.15, 0.2) is 0 Å². The van der Waals surface area contributed by atoms with Crippen LogP contribution in [0.4, 0.5) is 5.82 Å². The number of nitro groups is 1. The van der Waals surface area contributed by atoms with Crippen molar-refractivity contribution in [3.8, 4) is 0 Å². The second-order valence-corrected chi connectivity index (χ2v) is 5.52. The van der Waals surface area contributed by atoms with Gasteiger partial charge in [-0.3, -0.25) is 0 Å². The van der Waals surface area contributed by atoms with Crippen molar-refractivity contribution in [2.24, 2.45) is 7.05 Å². The Labute approximate surface area is 127 Å². The summed E-state index contributed by atoms with van der Waals surface area (Å²) in [6.45, 7) is 1.77. The third kappa shape index (κ3) is 3.73. The molecule has 1 aromatic rings. The topological polar surface area (TPSA) is 91.5 Å². The van der Waals surface area contributed by atoms with E-state index in [1.807, 2.05) is 19.5 Å². The van der Waals surface area contributed by atoms with Gasteiger partial charge in [0.1, 0.15) is 11.9 Å². The maximum atomic E-state index is 10.9. The van der Waals surface area contributed by atoms with E-state index in [1.54, 1.807) is 12.2 Å². The molecule has 116 valence electrons. The zero-order chi connectivity index (χ0) is 15.4. The van der Waals surface area contributed by atoms with Crippen LogP contribution < -0.4 is 10.3 Å². The van der Waals surface area contributed by atoms with E-state index in [0.29, 0.717) is 5.82 Å². The molecule has 0 unspecified atom stereocenters. The first-order chi connectivity index (χ1) is 10.0. The Kier molecular flexibility index (Phi) is 5.17. The Morgan fingerprint density at radius 2 is 2.33 bits per heavy atom. The average Bonchev–Trinajstić information content (AvgIpc) is 3.00. The fourth-order valence-corrected chi connectivity index (χ4v) is 2.54. The smallest absolute Gasteiger partial charge is 0.342 e. The van der Waals surface area contributed by atoms with E-state index in [9.17, 15) is 10.1 Å². The minimum atomic E-state index is -0.443. The molecule has 0 aliphatic carbocycles. The van der Waals surface area contributed by atoms with Crippen molar-refractivity contribution in [2.45, 2.75) is 6.42 Å². The highest BCUT2D eigenvalue weighted by atomic mass is 32.2. The van der Waals surface area contributed by atoms with E-state index in [-0.39, 0.29) is 5.82 Å². The molecule has 0 saturated heterocycles. The van der Waals surface area contributed by atoms with Crippen LogP contribution in [0.15, 0.2) is 11.6 Å².